The van der Waals surface area contributed by atoms with Crippen LogP contribution in [0.2, 0.25) is 0 Å². The van der Waals surface area contributed by atoms with E-state index < -0.39 is 5.97 Å². The molecule has 0 atom stereocenters. The first-order chi connectivity index (χ1) is 13.2. The molecule has 0 saturated heterocycles. The molecule has 4 aromatic rings. The van der Waals surface area contributed by atoms with Crippen molar-refractivity contribution in [2.24, 2.45) is 0 Å². The van der Waals surface area contributed by atoms with Crippen molar-refractivity contribution in [2.45, 2.75) is 6.42 Å². The fourth-order valence-corrected chi connectivity index (χ4v) is 4.38. The maximum absolute atomic E-state index is 12.8. The number of carbonyl (C=O) groups excluding carboxylic acids is 1. The normalized spacial score (nSPS) is 12.7. The molecular weight excluding hydrogens is 360 g/mol. The highest BCUT2D eigenvalue weighted by molar-refractivity contribution is 7.24. The van der Waals surface area contributed by atoms with Crippen molar-refractivity contribution in [2.75, 3.05) is 6.61 Å². The minimum atomic E-state index is -0.444. The van der Waals surface area contributed by atoms with Gasteiger partial charge in [0.15, 0.2) is 5.43 Å². The van der Waals surface area contributed by atoms with Gasteiger partial charge < -0.3 is 9.47 Å². The Balaban J connectivity index is 1.51. The van der Waals surface area contributed by atoms with Crippen LogP contribution in [0.3, 0.4) is 0 Å². The van der Waals surface area contributed by atoms with Gasteiger partial charge in [-0.3, -0.25) is 4.79 Å². The second kappa shape index (κ2) is 6.21. The van der Waals surface area contributed by atoms with Crippen LogP contribution < -0.4 is 14.9 Å². The number of carbonyl (C=O) groups is 1. The minimum absolute atomic E-state index is 0.0491. The molecule has 0 bridgehead atoms. The Bertz CT molecular complexity index is 1270. The number of hydrogen-bond donors (Lipinski definition) is 0. The summed E-state index contributed by atoms with van der Waals surface area (Å²) in [5, 5.41) is 1.24. The van der Waals surface area contributed by atoms with Crippen LogP contribution in [0.15, 0.2) is 65.5 Å². The molecule has 0 radical (unpaired) electrons. The van der Waals surface area contributed by atoms with Crippen molar-refractivity contribution in [3.05, 3.63) is 82.0 Å². The van der Waals surface area contributed by atoms with Crippen LogP contribution in [-0.4, -0.2) is 12.6 Å². The van der Waals surface area contributed by atoms with Gasteiger partial charge in [-0.1, -0.05) is 12.1 Å². The van der Waals surface area contributed by atoms with Crippen LogP contribution in [0.25, 0.3) is 20.2 Å². The lowest BCUT2D eigenvalue weighted by atomic mass is 10.1. The Labute approximate surface area is 158 Å². The zero-order valence-electron chi connectivity index (χ0n) is 14.2. The summed E-state index contributed by atoms with van der Waals surface area (Å²) in [6.07, 6.45) is 0.792. The number of fused-ring (bicyclic) bond motifs is 3. The third-order valence-electron chi connectivity index (χ3n) is 4.68. The number of hydrogen-bond acceptors (Lipinski definition) is 5. The Kier molecular flexibility index (Phi) is 3.69. The van der Waals surface area contributed by atoms with Gasteiger partial charge in [-0.25, -0.2) is 4.79 Å². The monoisotopic (exact) mass is 374 g/mol. The summed E-state index contributed by atoms with van der Waals surface area (Å²) in [4.78, 5) is 25.3. The minimum Gasteiger partial charge on any atom is -0.493 e. The summed E-state index contributed by atoms with van der Waals surface area (Å²) < 4.78 is 12.8. The molecule has 1 aliphatic rings. The van der Waals surface area contributed by atoms with Crippen LogP contribution in [0.5, 0.6) is 11.5 Å². The summed E-state index contributed by atoms with van der Waals surface area (Å²) >= 11 is 1.55. The Morgan fingerprint density at radius 1 is 0.963 bits per heavy atom. The van der Waals surface area contributed by atoms with Crippen LogP contribution >= 0.6 is 11.3 Å². The lowest BCUT2D eigenvalue weighted by Gasteiger charge is -2.07. The summed E-state index contributed by atoms with van der Waals surface area (Å²) in [6, 6.07) is 18.0. The van der Waals surface area contributed by atoms with Gasteiger partial charge in [-0.05, 0) is 54.1 Å². The molecule has 5 rings (SSSR count). The van der Waals surface area contributed by atoms with E-state index in [1.54, 1.807) is 41.7 Å². The third-order valence-corrected chi connectivity index (χ3v) is 5.83. The first kappa shape index (κ1) is 16.0. The average Bonchev–Trinajstić information content (AvgIpc) is 3.16. The van der Waals surface area contributed by atoms with Crippen LogP contribution in [0, 0.1) is 0 Å². The second-order valence-electron chi connectivity index (χ2n) is 6.40. The van der Waals surface area contributed by atoms with Gasteiger partial charge in [0, 0.05) is 26.6 Å². The van der Waals surface area contributed by atoms with Gasteiger partial charge in [0.25, 0.3) is 0 Å². The molecule has 5 heteroatoms. The molecule has 1 aliphatic heterocycles. The van der Waals surface area contributed by atoms with Crippen LogP contribution in [-0.2, 0) is 6.42 Å². The predicted octanol–water partition coefficient (Wildman–Crippen LogP) is 4.57. The zero-order valence-corrected chi connectivity index (χ0v) is 15.0. The maximum atomic E-state index is 12.8. The van der Waals surface area contributed by atoms with Crippen molar-refractivity contribution < 1.29 is 14.3 Å². The molecule has 1 aromatic heterocycles. The third kappa shape index (κ3) is 2.76. The molecule has 0 aliphatic carbocycles. The Morgan fingerprint density at radius 3 is 2.74 bits per heavy atom. The van der Waals surface area contributed by atoms with E-state index in [1.807, 2.05) is 30.3 Å². The van der Waals surface area contributed by atoms with Crippen molar-refractivity contribution in [1.29, 1.82) is 0 Å². The van der Waals surface area contributed by atoms with Gasteiger partial charge in [-0.2, -0.15) is 0 Å². The van der Waals surface area contributed by atoms with E-state index in [9.17, 15) is 9.59 Å². The molecule has 0 amide bonds. The van der Waals surface area contributed by atoms with E-state index in [4.69, 9.17) is 9.47 Å². The van der Waals surface area contributed by atoms with Crippen LogP contribution in [0.1, 0.15) is 15.9 Å². The molecule has 2 heterocycles. The molecule has 0 saturated carbocycles. The molecule has 0 N–H and O–H groups in total. The molecular formula is C22H14O4S. The second-order valence-corrected chi connectivity index (χ2v) is 7.48. The molecule has 132 valence electrons. The van der Waals surface area contributed by atoms with E-state index in [0.29, 0.717) is 28.7 Å². The van der Waals surface area contributed by atoms with Gasteiger partial charge in [0.1, 0.15) is 11.5 Å². The van der Waals surface area contributed by atoms with Crippen molar-refractivity contribution >= 4 is 37.5 Å². The summed E-state index contributed by atoms with van der Waals surface area (Å²) in [7, 11) is 0. The molecule has 0 unspecified atom stereocenters. The predicted molar refractivity (Wildman–Crippen MR) is 106 cm³/mol. The van der Waals surface area contributed by atoms with Gasteiger partial charge >= 0.3 is 5.97 Å². The van der Waals surface area contributed by atoms with Gasteiger partial charge in [-0.15, -0.1) is 11.3 Å². The number of esters is 1. The fraction of sp³-hybridized carbons (Fsp3) is 0.0909. The van der Waals surface area contributed by atoms with E-state index in [2.05, 4.69) is 0 Å². The largest absolute Gasteiger partial charge is 0.493 e. The van der Waals surface area contributed by atoms with E-state index in [-0.39, 0.29) is 5.43 Å². The Morgan fingerprint density at radius 2 is 1.81 bits per heavy atom. The first-order valence-corrected chi connectivity index (χ1v) is 9.44. The van der Waals surface area contributed by atoms with Crippen molar-refractivity contribution in [1.82, 2.24) is 0 Å². The molecule has 0 fully saturated rings. The zero-order chi connectivity index (χ0) is 18.4. The van der Waals surface area contributed by atoms with Crippen molar-refractivity contribution in [3.8, 4) is 11.5 Å². The van der Waals surface area contributed by atoms with E-state index in [0.717, 1.165) is 27.1 Å². The lowest BCUT2D eigenvalue weighted by Crippen LogP contribution is -2.09. The number of rotatable bonds is 2. The van der Waals surface area contributed by atoms with Crippen LogP contribution in [0.4, 0.5) is 0 Å². The molecule has 27 heavy (non-hydrogen) atoms. The lowest BCUT2D eigenvalue weighted by molar-refractivity contribution is 0.0735. The average molecular weight is 374 g/mol. The summed E-state index contributed by atoms with van der Waals surface area (Å²) in [5.41, 5.74) is 1.44. The quantitative estimate of drug-likeness (QED) is 0.293. The summed E-state index contributed by atoms with van der Waals surface area (Å²) in [5.74, 6) is 0.742. The van der Waals surface area contributed by atoms with E-state index in [1.165, 1.54) is 0 Å². The van der Waals surface area contributed by atoms with Gasteiger partial charge in [0.2, 0.25) is 0 Å². The van der Waals surface area contributed by atoms with E-state index >= 15 is 0 Å². The smallest absolute Gasteiger partial charge is 0.343 e. The highest BCUT2D eigenvalue weighted by atomic mass is 32.1. The highest BCUT2D eigenvalue weighted by Gasteiger charge is 2.17. The topological polar surface area (TPSA) is 52.6 Å². The number of benzene rings is 3. The highest BCUT2D eigenvalue weighted by Crippen LogP contribution is 2.29. The number of ether oxygens (including phenoxy) is 2. The SMILES string of the molecule is O=C(Oc1ccc2sc3ccccc3c(=O)c2c1)c1ccc2c(c1)CCO2. The maximum Gasteiger partial charge on any atom is 0.343 e. The molecule has 3 aromatic carbocycles. The molecule has 0 spiro atoms. The Hall–Kier alpha value is -3.18. The molecule has 4 nitrogen and oxygen atoms in total. The first-order valence-electron chi connectivity index (χ1n) is 8.62. The van der Waals surface area contributed by atoms with Gasteiger partial charge in [0.05, 0.1) is 12.2 Å². The fourth-order valence-electron chi connectivity index (χ4n) is 3.33. The summed E-state index contributed by atoms with van der Waals surface area (Å²) in [6.45, 7) is 0.639. The van der Waals surface area contributed by atoms with Crippen molar-refractivity contribution in [3.63, 3.8) is 0 Å². The standard InChI is InChI=1S/C22H14O4S/c23-21-16-3-1-2-4-19(16)27-20-8-6-15(12-17(20)21)26-22(24)14-5-7-18-13(11-14)9-10-25-18/h1-8,11-12H,9-10H2.